The van der Waals surface area contributed by atoms with E-state index in [0.717, 1.165) is 35.2 Å². The summed E-state index contributed by atoms with van der Waals surface area (Å²) >= 11 is 0. The number of nitrogens with zero attached hydrogens (tertiary/aromatic N) is 1. The van der Waals surface area contributed by atoms with Crippen LogP contribution < -0.4 is 10.1 Å². The van der Waals surface area contributed by atoms with E-state index in [1.165, 1.54) is 0 Å². The van der Waals surface area contributed by atoms with Gasteiger partial charge in [-0.1, -0.05) is 24.3 Å². The van der Waals surface area contributed by atoms with E-state index >= 15 is 0 Å². The van der Waals surface area contributed by atoms with Crippen molar-refractivity contribution in [2.75, 3.05) is 12.4 Å². The third-order valence-corrected chi connectivity index (χ3v) is 3.33. The second-order valence-corrected chi connectivity index (χ2v) is 4.50. The molecule has 0 saturated carbocycles. The van der Waals surface area contributed by atoms with Crippen LogP contribution in [0.5, 0.6) is 5.75 Å². The van der Waals surface area contributed by atoms with Crippen LogP contribution >= 0.6 is 0 Å². The summed E-state index contributed by atoms with van der Waals surface area (Å²) in [5.74, 6) is 1.84. The molecule has 0 radical (unpaired) electrons. The lowest BCUT2D eigenvalue weighted by Gasteiger charge is -2.15. The van der Waals surface area contributed by atoms with Crippen molar-refractivity contribution in [1.29, 1.82) is 0 Å². The molecule has 0 aliphatic heterocycles. The van der Waals surface area contributed by atoms with E-state index in [4.69, 9.17) is 4.74 Å². The lowest BCUT2D eigenvalue weighted by molar-refractivity contribution is 0.420. The minimum Gasteiger partial charge on any atom is -0.496 e. The zero-order valence-corrected chi connectivity index (χ0v) is 10.4. The number of pyridine rings is 1. The molecule has 1 aliphatic rings. The second kappa shape index (κ2) is 4.69. The molecule has 18 heavy (non-hydrogen) atoms. The van der Waals surface area contributed by atoms with Crippen LogP contribution in [0.4, 0.5) is 5.82 Å². The molecule has 1 heterocycles. The molecule has 1 aromatic carbocycles. The van der Waals surface area contributed by atoms with Gasteiger partial charge in [-0.3, -0.25) is 0 Å². The van der Waals surface area contributed by atoms with Crippen LogP contribution in [0.2, 0.25) is 0 Å². The maximum atomic E-state index is 5.38. The topological polar surface area (TPSA) is 34.1 Å². The van der Waals surface area contributed by atoms with Gasteiger partial charge in [-0.25, -0.2) is 4.98 Å². The van der Waals surface area contributed by atoms with E-state index in [-0.39, 0.29) is 0 Å². The lowest BCUT2D eigenvalue weighted by atomic mass is 10.1. The molecule has 0 spiro atoms. The van der Waals surface area contributed by atoms with Crippen molar-refractivity contribution in [3.63, 3.8) is 0 Å². The highest BCUT2D eigenvalue weighted by Crippen LogP contribution is 2.30. The zero-order chi connectivity index (χ0) is 12.4. The summed E-state index contributed by atoms with van der Waals surface area (Å²) in [6, 6.07) is 8.51. The van der Waals surface area contributed by atoms with Crippen molar-refractivity contribution in [3.05, 3.63) is 42.6 Å². The highest BCUT2D eigenvalue weighted by Gasteiger charge is 2.12. The predicted octanol–water partition coefficient (Wildman–Crippen LogP) is 3.37. The van der Waals surface area contributed by atoms with E-state index in [0.29, 0.717) is 6.04 Å². The minimum atomic E-state index is 0.467. The minimum absolute atomic E-state index is 0.467. The van der Waals surface area contributed by atoms with Crippen LogP contribution in [0.15, 0.2) is 42.6 Å². The summed E-state index contributed by atoms with van der Waals surface area (Å²) in [5.41, 5.74) is 0. The molecule has 0 saturated heterocycles. The average molecular weight is 240 g/mol. The Kier molecular flexibility index (Phi) is 2.89. The molecule has 0 atom stereocenters. The SMILES string of the molecule is COc1cccc2c(NC3CC=CC3)nccc12. The van der Waals surface area contributed by atoms with Gasteiger partial charge in [-0.15, -0.1) is 0 Å². The molecule has 1 aliphatic carbocycles. The Labute approximate surface area is 106 Å². The molecule has 2 aromatic rings. The highest BCUT2D eigenvalue weighted by atomic mass is 16.5. The van der Waals surface area contributed by atoms with Crippen molar-refractivity contribution in [2.24, 2.45) is 0 Å². The molecule has 1 aromatic heterocycles. The fourth-order valence-electron chi connectivity index (χ4n) is 2.40. The van der Waals surface area contributed by atoms with Gasteiger partial charge in [0.05, 0.1) is 7.11 Å². The van der Waals surface area contributed by atoms with Crippen LogP contribution in [0.3, 0.4) is 0 Å². The zero-order valence-electron chi connectivity index (χ0n) is 10.4. The van der Waals surface area contributed by atoms with Gasteiger partial charge >= 0.3 is 0 Å². The van der Waals surface area contributed by atoms with Gasteiger partial charge in [0.15, 0.2) is 0 Å². The molecule has 0 unspecified atom stereocenters. The van der Waals surface area contributed by atoms with Gasteiger partial charge in [0.25, 0.3) is 0 Å². The first-order chi connectivity index (χ1) is 8.88. The number of nitrogens with one attached hydrogen (secondary N) is 1. The fourth-order valence-corrected chi connectivity index (χ4v) is 2.40. The first-order valence-corrected chi connectivity index (χ1v) is 6.22. The van der Waals surface area contributed by atoms with E-state index in [1.807, 2.05) is 24.4 Å². The lowest BCUT2D eigenvalue weighted by Crippen LogP contribution is -2.16. The highest BCUT2D eigenvalue weighted by molar-refractivity contribution is 5.95. The van der Waals surface area contributed by atoms with E-state index in [2.05, 4.69) is 28.5 Å². The molecule has 3 heteroatoms. The van der Waals surface area contributed by atoms with Crippen molar-refractivity contribution in [3.8, 4) is 5.75 Å². The van der Waals surface area contributed by atoms with Crippen molar-refractivity contribution < 1.29 is 4.74 Å². The number of ether oxygens (including phenoxy) is 1. The van der Waals surface area contributed by atoms with Gasteiger partial charge in [0.2, 0.25) is 0 Å². The molecule has 0 amide bonds. The largest absolute Gasteiger partial charge is 0.496 e. The third-order valence-electron chi connectivity index (χ3n) is 3.33. The number of aromatic nitrogens is 1. The van der Waals surface area contributed by atoms with Crippen LogP contribution in [0, 0.1) is 0 Å². The van der Waals surface area contributed by atoms with E-state index in [1.54, 1.807) is 7.11 Å². The molecule has 92 valence electrons. The quantitative estimate of drug-likeness (QED) is 0.835. The molecule has 0 fully saturated rings. The van der Waals surface area contributed by atoms with Crippen molar-refractivity contribution in [1.82, 2.24) is 4.98 Å². The first kappa shape index (κ1) is 11.1. The van der Waals surface area contributed by atoms with E-state index < -0.39 is 0 Å². The number of methoxy groups -OCH3 is 1. The standard InChI is InChI=1S/C15H16N2O/c1-18-14-8-4-7-13-12(14)9-10-16-15(13)17-11-5-2-3-6-11/h2-4,7-11H,5-6H2,1H3,(H,16,17). The van der Waals surface area contributed by atoms with E-state index in [9.17, 15) is 0 Å². The Morgan fingerprint density at radius 2 is 2.00 bits per heavy atom. The summed E-state index contributed by atoms with van der Waals surface area (Å²) < 4.78 is 5.38. The summed E-state index contributed by atoms with van der Waals surface area (Å²) in [5, 5.41) is 5.72. The number of anilines is 1. The summed E-state index contributed by atoms with van der Waals surface area (Å²) in [7, 11) is 1.70. The Balaban J connectivity index is 2.01. The van der Waals surface area contributed by atoms with Crippen molar-refractivity contribution in [2.45, 2.75) is 18.9 Å². The first-order valence-electron chi connectivity index (χ1n) is 6.22. The van der Waals surface area contributed by atoms with Gasteiger partial charge in [0, 0.05) is 23.0 Å². The van der Waals surface area contributed by atoms with Gasteiger partial charge in [-0.05, 0) is 25.0 Å². The maximum Gasteiger partial charge on any atom is 0.134 e. The molecule has 3 nitrogen and oxygen atoms in total. The predicted molar refractivity (Wildman–Crippen MR) is 74.1 cm³/mol. The third kappa shape index (κ3) is 1.92. The molecular formula is C15H16N2O. The molecular weight excluding hydrogens is 224 g/mol. The van der Waals surface area contributed by atoms with Gasteiger partial charge < -0.3 is 10.1 Å². The summed E-state index contributed by atoms with van der Waals surface area (Å²) in [6.45, 7) is 0. The van der Waals surface area contributed by atoms with Gasteiger partial charge in [0.1, 0.15) is 11.6 Å². The van der Waals surface area contributed by atoms with Crippen LogP contribution in [0.25, 0.3) is 10.8 Å². The van der Waals surface area contributed by atoms with Crippen molar-refractivity contribution >= 4 is 16.6 Å². The van der Waals surface area contributed by atoms with Gasteiger partial charge in [-0.2, -0.15) is 0 Å². The molecule has 0 bridgehead atoms. The average Bonchev–Trinajstić information content (AvgIpc) is 2.91. The molecule has 3 rings (SSSR count). The normalized spacial score (nSPS) is 15.2. The maximum absolute atomic E-state index is 5.38. The Hall–Kier alpha value is -2.03. The summed E-state index contributed by atoms with van der Waals surface area (Å²) in [6.07, 6.45) is 8.40. The number of benzene rings is 1. The smallest absolute Gasteiger partial charge is 0.134 e. The number of fused-ring (bicyclic) bond motifs is 1. The number of hydrogen-bond acceptors (Lipinski definition) is 3. The van der Waals surface area contributed by atoms with Crippen LogP contribution in [-0.4, -0.2) is 18.1 Å². The monoisotopic (exact) mass is 240 g/mol. The summed E-state index contributed by atoms with van der Waals surface area (Å²) in [4.78, 5) is 4.45. The number of rotatable bonds is 3. The van der Waals surface area contributed by atoms with Crippen LogP contribution in [-0.2, 0) is 0 Å². The van der Waals surface area contributed by atoms with Crippen LogP contribution in [0.1, 0.15) is 12.8 Å². The Morgan fingerprint density at radius 1 is 1.17 bits per heavy atom. The second-order valence-electron chi connectivity index (χ2n) is 4.50. The Morgan fingerprint density at radius 3 is 2.78 bits per heavy atom. The number of hydrogen-bond donors (Lipinski definition) is 1. The fraction of sp³-hybridized carbons (Fsp3) is 0.267. The Bertz CT molecular complexity index is 584. The molecule has 1 N–H and O–H groups in total.